The Hall–Kier alpha value is -1.18. The normalized spacial score (nSPS) is 20.1. The molecular formula is C14H20N2. The first-order valence-corrected chi connectivity index (χ1v) is 6.55. The molecule has 3 rings (SSSR count). The van der Waals surface area contributed by atoms with E-state index in [2.05, 4.69) is 28.4 Å². The third-order valence-electron chi connectivity index (χ3n) is 3.77. The summed E-state index contributed by atoms with van der Waals surface area (Å²) in [6, 6.07) is 6.92. The Kier molecular flexibility index (Phi) is 2.73. The van der Waals surface area contributed by atoms with Gasteiger partial charge in [-0.1, -0.05) is 12.8 Å². The molecule has 1 N–H and O–H groups in total. The second-order valence-corrected chi connectivity index (χ2v) is 4.92. The number of fused-ring (bicyclic) bond motifs is 1. The topological polar surface area (TPSA) is 15.3 Å². The lowest BCUT2D eigenvalue weighted by Crippen LogP contribution is -2.23. The van der Waals surface area contributed by atoms with E-state index < -0.39 is 0 Å². The Labute approximate surface area is 97.6 Å². The van der Waals surface area contributed by atoms with E-state index in [9.17, 15) is 0 Å². The lowest BCUT2D eigenvalue weighted by Gasteiger charge is -2.23. The van der Waals surface area contributed by atoms with Crippen molar-refractivity contribution in [3.8, 4) is 0 Å². The van der Waals surface area contributed by atoms with E-state index in [-0.39, 0.29) is 0 Å². The van der Waals surface area contributed by atoms with Gasteiger partial charge in [-0.05, 0) is 43.0 Å². The van der Waals surface area contributed by atoms with Crippen LogP contribution in [0.5, 0.6) is 0 Å². The molecule has 0 aromatic heterocycles. The van der Waals surface area contributed by atoms with Gasteiger partial charge in [0.2, 0.25) is 0 Å². The quantitative estimate of drug-likeness (QED) is 0.776. The van der Waals surface area contributed by atoms with Crippen LogP contribution in [0.4, 0.5) is 11.4 Å². The van der Waals surface area contributed by atoms with E-state index in [0.717, 1.165) is 6.54 Å². The van der Waals surface area contributed by atoms with Crippen LogP contribution in [-0.2, 0) is 6.42 Å². The standard InChI is InChI=1S/C14H20N2/c1-2-4-10-16(9-3-1)13-5-6-14-12(11-13)7-8-15-14/h5-6,11,15H,1-4,7-10H2. The summed E-state index contributed by atoms with van der Waals surface area (Å²) < 4.78 is 0. The molecule has 2 nitrogen and oxygen atoms in total. The van der Waals surface area contributed by atoms with Gasteiger partial charge in [0.05, 0.1) is 0 Å². The van der Waals surface area contributed by atoms with Crippen molar-refractivity contribution in [2.24, 2.45) is 0 Å². The molecule has 0 aliphatic carbocycles. The molecule has 1 aromatic rings. The fourth-order valence-corrected chi connectivity index (χ4v) is 2.82. The van der Waals surface area contributed by atoms with Gasteiger partial charge in [-0.2, -0.15) is 0 Å². The molecule has 2 heteroatoms. The van der Waals surface area contributed by atoms with E-state index in [1.54, 1.807) is 0 Å². The molecule has 2 heterocycles. The van der Waals surface area contributed by atoms with E-state index in [1.807, 2.05) is 0 Å². The summed E-state index contributed by atoms with van der Waals surface area (Å²) in [6.07, 6.45) is 6.72. The van der Waals surface area contributed by atoms with Crippen molar-refractivity contribution in [2.75, 3.05) is 29.9 Å². The minimum Gasteiger partial charge on any atom is -0.384 e. The molecule has 86 valence electrons. The van der Waals surface area contributed by atoms with Crippen LogP contribution in [0.1, 0.15) is 31.2 Å². The van der Waals surface area contributed by atoms with Gasteiger partial charge in [-0.15, -0.1) is 0 Å². The first-order valence-electron chi connectivity index (χ1n) is 6.55. The molecule has 1 fully saturated rings. The third kappa shape index (κ3) is 1.89. The third-order valence-corrected chi connectivity index (χ3v) is 3.77. The van der Waals surface area contributed by atoms with E-state index in [4.69, 9.17) is 0 Å². The zero-order valence-corrected chi connectivity index (χ0v) is 9.84. The van der Waals surface area contributed by atoms with Crippen molar-refractivity contribution in [2.45, 2.75) is 32.1 Å². The predicted molar refractivity (Wildman–Crippen MR) is 69.3 cm³/mol. The fourth-order valence-electron chi connectivity index (χ4n) is 2.82. The predicted octanol–water partition coefficient (Wildman–Crippen LogP) is 3.04. The molecular weight excluding hydrogens is 196 g/mol. The fraction of sp³-hybridized carbons (Fsp3) is 0.571. The number of nitrogens with one attached hydrogen (secondary N) is 1. The summed E-state index contributed by atoms with van der Waals surface area (Å²) >= 11 is 0. The minimum absolute atomic E-state index is 1.11. The Morgan fingerprint density at radius 2 is 1.81 bits per heavy atom. The largest absolute Gasteiger partial charge is 0.384 e. The van der Waals surface area contributed by atoms with Gasteiger partial charge in [-0.3, -0.25) is 0 Å². The highest BCUT2D eigenvalue weighted by Gasteiger charge is 2.14. The number of rotatable bonds is 1. The maximum atomic E-state index is 3.42. The molecule has 0 amide bonds. The van der Waals surface area contributed by atoms with Crippen molar-refractivity contribution in [3.63, 3.8) is 0 Å². The average Bonchev–Trinajstić information content (AvgIpc) is 2.61. The van der Waals surface area contributed by atoms with Gasteiger partial charge in [0, 0.05) is 31.0 Å². The summed E-state index contributed by atoms with van der Waals surface area (Å²) in [7, 11) is 0. The average molecular weight is 216 g/mol. The highest BCUT2D eigenvalue weighted by molar-refractivity contribution is 5.63. The van der Waals surface area contributed by atoms with Crippen LogP contribution in [0, 0.1) is 0 Å². The van der Waals surface area contributed by atoms with Crippen molar-refractivity contribution >= 4 is 11.4 Å². The lowest BCUT2D eigenvalue weighted by molar-refractivity contribution is 0.726. The monoisotopic (exact) mass is 216 g/mol. The molecule has 0 atom stereocenters. The molecule has 16 heavy (non-hydrogen) atoms. The lowest BCUT2D eigenvalue weighted by atomic mass is 10.1. The second kappa shape index (κ2) is 4.36. The van der Waals surface area contributed by atoms with Crippen molar-refractivity contribution < 1.29 is 0 Å². The first-order chi connectivity index (χ1) is 7.93. The van der Waals surface area contributed by atoms with Crippen LogP contribution >= 0.6 is 0 Å². The van der Waals surface area contributed by atoms with Gasteiger partial charge >= 0.3 is 0 Å². The molecule has 2 aliphatic heterocycles. The van der Waals surface area contributed by atoms with Crippen LogP contribution in [0.15, 0.2) is 18.2 Å². The maximum Gasteiger partial charge on any atom is 0.0375 e. The van der Waals surface area contributed by atoms with Crippen LogP contribution in [0.2, 0.25) is 0 Å². The molecule has 0 spiro atoms. The molecule has 1 saturated heterocycles. The van der Waals surface area contributed by atoms with Crippen LogP contribution < -0.4 is 10.2 Å². The highest BCUT2D eigenvalue weighted by atomic mass is 15.1. The number of hydrogen-bond acceptors (Lipinski definition) is 2. The molecule has 1 aromatic carbocycles. The van der Waals surface area contributed by atoms with Crippen molar-refractivity contribution in [1.82, 2.24) is 0 Å². The molecule has 0 bridgehead atoms. The Morgan fingerprint density at radius 1 is 1.00 bits per heavy atom. The summed E-state index contributed by atoms with van der Waals surface area (Å²) in [4.78, 5) is 2.56. The van der Waals surface area contributed by atoms with Gasteiger partial charge in [-0.25, -0.2) is 0 Å². The zero-order chi connectivity index (χ0) is 10.8. The summed E-state index contributed by atoms with van der Waals surface area (Å²) in [6.45, 7) is 3.59. The van der Waals surface area contributed by atoms with Crippen molar-refractivity contribution in [3.05, 3.63) is 23.8 Å². The Balaban J connectivity index is 1.82. The van der Waals surface area contributed by atoms with Crippen LogP contribution in [0.3, 0.4) is 0 Å². The summed E-state index contributed by atoms with van der Waals surface area (Å²) in [5.74, 6) is 0. The second-order valence-electron chi connectivity index (χ2n) is 4.92. The van der Waals surface area contributed by atoms with Gasteiger partial charge in [0.25, 0.3) is 0 Å². The molecule has 0 saturated carbocycles. The number of nitrogens with zero attached hydrogens (tertiary/aromatic N) is 1. The first kappa shape index (κ1) is 10.0. The van der Waals surface area contributed by atoms with E-state index in [1.165, 1.54) is 62.1 Å². The van der Waals surface area contributed by atoms with Crippen molar-refractivity contribution in [1.29, 1.82) is 0 Å². The minimum atomic E-state index is 1.11. The zero-order valence-electron chi connectivity index (χ0n) is 9.84. The van der Waals surface area contributed by atoms with Crippen LogP contribution in [0.25, 0.3) is 0 Å². The maximum absolute atomic E-state index is 3.42. The molecule has 0 radical (unpaired) electrons. The molecule has 0 unspecified atom stereocenters. The SMILES string of the molecule is c1cc2c(cc1N1CCCCCC1)CCN2. The highest BCUT2D eigenvalue weighted by Crippen LogP contribution is 2.28. The van der Waals surface area contributed by atoms with E-state index >= 15 is 0 Å². The molecule has 2 aliphatic rings. The number of anilines is 2. The van der Waals surface area contributed by atoms with Gasteiger partial charge in [0.1, 0.15) is 0 Å². The van der Waals surface area contributed by atoms with E-state index in [0.29, 0.717) is 0 Å². The Morgan fingerprint density at radius 3 is 2.62 bits per heavy atom. The van der Waals surface area contributed by atoms with Gasteiger partial charge in [0.15, 0.2) is 0 Å². The smallest absolute Gasteiger partial charge is 0.0375 e. The number of benzene rings is 1. The summed E-state index contributed by atoms with van der Waals surface area (Å²) in [5.41, 5.74) is 4.28. The van der Waals surface area contributed by atoms with Crippen LogP contribution in [-0.4, -0.2) is 19.6 Å². The Bertz CT molecular complexity index is 365. The number of hydrogen-bond donors (Lipinski definition) is 1. The van der Waals surface area contributed by atoms with Gasteiger partial charge < -0.3 is 10.2 Å². The summed E-state index contributed by atoms with van der Waals surface area (Å²) in [5, 5.41) is 3.42.